The molecule has 0 aliphatic carbocycles. The predicted octanol–water partition coefficient (Wildman–Crippen LogP) is 2.49. The first-order valence-electron chi connectivity index (χ1n) is 5.90. The Hall–Kier alpha value is -1.26. The number of hydrogen-bond acceptors (Lipinski definition) is 3. The van der Waals surface area contributed by atoms with Gasteiger partial charge in [-0.2, -0.15) is 0 Å². The second-order valence-electron chi connectivity index (χ2n) is 3.93. The first-order chi connectivity index (χ1) is 8.17. The zero-order chi connectivity index (χ0) is 12.7. The topological polar surface area (TPSA) is 64.3 Å². The van der Waals surface area contributed by atoms with Crippen LogP contribution in [-0.2, 0) is 4.79 Å². The van der Waals surface area contributed by atoms with Gasteiger partial charge in [0.15, 0.2) is 0 Å². The van der Waals surface area contributed by atoms with Gasteiger partial charge in [-0.3, -0.25) is 4.79 Å². The number of carbonyl (C=O) groups is 1. The summed E-state index contributed by atoms with van der Waals surface area (Å²) in [5.74, 6) is 0.648. The van der Waals surface area contributed by atoms with Crippen LogP contribution >= 0.6 is 12.4 Å². The molecule has 102 valence electrons. The van der Waals surface area contributed by atoms with Crippen molar-refractivity contribution in [3.63, 3.8) is 0 Å². The summed E-state index contributed by atoms with van der Waals surface area (Å²) >= 11 is 0. The first-order valence-corrected chi connectivity index (χ1v) is 5.90. The molecule has 0 spiro atoms. The predicted molar refractivity (Wildman–Crippen MR) is 76.5 cm³/mol. The van der Waals surface area contributed by atoms with Crippen LogP contribution in [0.25, 0.3) is 0 Å². The molecule has 0 heterocycles. The molecule has 1 rings (SSSR count). The molecule has 0 aliphatic rings. The van der Waals surface area contributed by atoms with Crippen molar-refractivity contribution >= 4 is 24.0 Å². The molecular weight excluding hydrogens is 252 g/mol. The normalized spacial score (nSPS) is 9.50. The van der Waals surface area contributed by atoms with E-state index in [1.165, 1.54) is 0 Å². The number of halogens is 1. The van der Waals surface area contributed by atoms with E-state index < -0.39 is 0 Å². The van der Waals surface area contributed by atoms with Gasteiger partial charge < -0.3 is 15.8 Å². The van der Waals surface area contributed by atoms with Crippen LogP contribution < -0.4 is 15.8 Å². The van der Waals surface area contributed by atoms with E-state index in [-0.39, 0.29) is 24.9 Å². The van der Waals surface area contributed by atoms with Crippen molar-refractivity contribution in [1.82, 2.24) is 0 Å². The van der Waals surface area contributed by atoms with Gasteiger partial charge in [0.05, 0.1) is 13.2 Å². The number of rotatable bonds is 6. The number of amides is 1. The molecule has 0 saturated heterocycles. The highest BCUT2D eigenvalue weighted by atomic mass is 35.5. The van der Waals surface area contributed by atoms with Crippen molar-refractivity contribution in [1.29, 1.82) is 0 Å². The average molecular weight is 273 g/mol. The minimum Gasteiger partial charge on any atom is -0.494 e. The maximum atomic E-state index is 11.2. The fourth-order valence-corrected chi connectivity index (χ4v) is 1.40. The lowest BCUT2D eigenvalue weighted by molar-refractivity contribution is -0.114. The molecule has 4 nitrogen and oxygen atoms in total. The van der Waals surface area contributed by atoms with Crippen LogP contribution in [0.1, 0.15) is 25.3 Å². The van der Waals surface area contributed by atoms with Crippen molar-refractivity contribution < 1.29 is 9.53 Å². The number of carbonyl (C=O) groups excluding carboxylic acids is 1. The summed E-state index contributed by atoms with van der Waals surface area (Å²) in [6.45, 7) is 4.78. The first kappa shape index (κ1) is 16.7. The molecule has 1 aromatic rings. The van der Waals surface area contributed by atoms with Gasteiger partial charge in [0.2, 0.25) is 5.91 Å². The Balaban J connectivity index is 0.00000289. The van der Waals surface area contributed by atoms with Crippen LogP contribution in [0.5, 0.6) is 5.75 Å². The number of aryl methyl sites for hydroxylation is 1. The standard InChI is InChI=1S/C13H20N2O2.ClH/c1-3-4-7-17-11-5-6-12(10(2)8-11)15-13(16)9-14;/h5-6,8H,3-4,7,9,14H2,1-2H3,(H,15,16);1H. The molecule has 0 bridgehead atoms. The third-order valence-electron chi connectivity index (χ3n) is 2.42. The van der Waals surface area contributed by atoms with Crippen LogP contribution in [-0.4, -0.2) is 19.1 Å². The summed E-state index contributed by atoms with van der Waals surface area (Å²) in [5, 5.41) is 2.73. The minimum atomic E-state index is -0.187. The zero-order valence-electron chi connectivity index (χ0n) is 10.9. The Kier molecular flexibility index (Phi) is 8.16. The van der Waals surface area contributed by atoms with Gasteiger partial charge in [-0.25, -0.2) is 0 Å². The van der Waals surface area contributed by atoms with E-state index >= 15 is 0 Å². The number of anilines is 1. The fraction of sp³-hybridized carbons (Fsp3) is 0.462. The van der Waals surface area contributed by atoms with E-state index in [0.29, 0.717) is 0 Å². The SMILES string of the molecule is CCCCOc1ccc(NC(=O)CN)c(C)c1.Cl. The summed E-state index contributed by atoms with van der Waals surface area (Å²) in [4.78, 5) is 11.2. The van der Waals surface area contributed by atoms with Crippen LogP contribution in [0.3, 0.4) is 0 Å². The molecule has 1 aromatic carbocycles. The molecule has 0 atom stereocenters. The Labute approximate surface area is 114 Å². The van der Waals surface area contributed by atoms with Crippen LogP contribution in [0.2, 0.25) is 0 Å². The number of nitrogens with two attached hydrogens (primary N) is 1. The Bertz CT molecular complexity index is 383. The molecule has 0 aliphatic heterocycles. The Morgan fingerprint density at radius 2 is 2.17 bits per heavy atom. The lowest BCUT2D eigenvalue weighted by Gasteiger charge is -2.10. The third-order valence-corrected chi connectivity index (χ3v) is 2.42. The summed E-state index contributed by atoms with van der Waals surface area (Å²) < 4.78 is 5.58. The fourth-order valence-electron chi connectivity index (χ4n) is 1.40. The third kappa shape index (κ3) is 5.38. The van der Waals surface area contributed by atoms with Gasteiger partial charge in [-0.15, -0.1) is 12.4 Å². The molecule has 0 fully saturated rings. The highest BCUT2D eigenvalue weighted by Crippen LogP contribution is 2.21. The zero-order valence-corrected chi connectivity index (χ0v) is 11.7. The maximum Gasteiger partial charge on any atom is 0.238 e. The Morgan fingerprint density at radius 3 is 2.72 bits per heavy atom. The second kappa shape index (κ2) is 8.78. The summed E-state index contributed by atoms with van der Waals surface area (Å²) in [6.07, 6.45) is 2.16. The van der Waals surface area contributed by atoms with Crippen molar-refractivity contribution in [2.45, 2.75) is 26.7 Å². The molecule has 0 aromatic heterocycles. The van der Waals surface area contributed by atoms with Gasteiger partial charge in [-0.05, 0) is 37.1 Å². The highest BCUT2D eigenvalue weighted by molar-refractivity contribution is 5.92. The smallest absolute Gasteiger partial charge is 0.238 e. The largest absolute Gasteiger partial charge is 0.494 e. The molecular formula is C13H21ClN2O2. The van der Waals surface area contributed by atoms with Crippen molar-refractivity contribution in [3.05, 3.63) is 23.8 Å². The van der Waals surface area contributed by atoms with Crippen molar-refractivity contribution in [3.8, 4) is 5.75 Å². The number of nitrogens with one attached hydrogen (secondary N) is 1. The second-order valence-corrected chi connectivity index (χ2v) is 3.93. The quantitative estimate of drug-likeness (QED) is 0.782. The van der Waals surface area contributed by atoms with Crippen molar-refractivity contribution in [2.24, 2.45) is 5.73 Å². The van der Waals surface area contributed by atoms with Crippen LogP contribution in [0.4, 0.5) is 5.69 Å². The van der Waals surface area contributed by atoms with E-state index in [1.807, 2.05) is 25.1 Å². The van der Waals surface area contributed by atoms with Gasteiger partial charge in [0.25, 0.3) is 0 Å². The molecule has 0 unspecified atom stereocenters. The van der Waals surface area contributed by atoms with Crippen LogP contribution in [0.15, 0.2) is 18.2 Å². The van der Waals surface area contributed by atoms with E-state index in [4.69, 9.17) is 10.5 Å². The van der Waals surface area contributed by atoms with Crippen molar-refractivity contribution in [2.75, 3.05) is 18.5 Å². The van der Waals surface area contributed by atoms with Gasteiger partial charge in [-0.1, -0.05) is 13.3 Å². The molecule has 5 heteroatoms. The molecule has 18 heavy (non-hydrogen) atoms. The molecule has 0 saturated carbocycles. The van der Waals surface area contributed by atoms with Crippen LogP contribution in [0, 0.1) is 6.92 Å². The minimum absolute atomic E-state index is 0. The molecule has 0 radical (unpaired) electrons. The molecule has 3 N–H and O–H groups in total. The lowest BCUT2D eigenvalue weighted by atomic mass is 10.2. The van der Waals surface area contributed by atoms with Gasteiger partial charge >= 0.3 is 0 Å². The highest BCUT2D eigenvalue weighted by Gasteiger charge is 2.04. The number of hydrogen-bond donors (Lipinski definition) is 2. The summed E-state index contributed by atoms with van der Waals surface area (Å²) in [6, 6.07) is 5.61. The van der Waals surface area contributed by atoms with E-state index in [1.54, 1.807) is 0 Å². The summed E-state index contributed by atoms with van der Waals surface area (Å²) in [7, 11) is 0. The van der Waals surface area contributed by atoms with Gasteiger partial charge in [0, 0.05) is 5.69 Å². The molecule has 1 amide bonds. The number of unbranched alkanes of at least 4 members (excludes halogenated alkanes) is 1. The monoisotopic (exact) mass is 272 g/mol. The van der Waals surface area contributed by atoms with Gasteiger partial charge in [0.1, 0.15) is 5.75 Å². The number of benzene rings is 1. The number of ether oxygens (including phenoxy) is 1. The summed E-state index contributed by atoms with van der Waals surface area (Å²) in [5.41, 5.74) is 7.00. The maximum absolute atomic E-state index is 11.2. The van der Waals surface area contributed by atoms with E-state index in [9.17, 15) is 4.79 Å². The average Bonchev–Trinajstić information content (AvgIpc) is 2.32. The van der Waals surface area contributed by atoms with E-state index in [0.717, 1.165) is 36.4 Å². The lowest BCUT2D eigenvalue weighted by Crippen LogP contribution is -2.22. The Morgan fingerprint density at radius 1 is 1.44 bits per heavy atom. The van der Waals surface area contributed by atoms with E-state index in [2.05, 4.69) is 12.2 Å².